The van der Waals surface area contributed by atoms with E-state index in [1.54, 1.807) is 0 Å². The Morgan fingerprint density at radius 3 is 3.36 bits per heavy atom. The van der Waals surface area contributed by atoms with E-state index < -0.39 is 6.36 Å². The quantitative estimate of drug-likeness (QED) is 0.647. The lowest BCUT2D eigenvalue weighted by Crippen LogP contribution is -2.08. The van der Waals surface area contributed by atoms with Gasteiger partial charge in [0.2, 0.25) is 5.06 Å². The molecule has 0 amide bonds. The normalized spacial score (nSPS) is 21.0. The molecular weight excluding hydrogens is 169 g/mol. The van der Waals surface area contributed by atoms with E-state index in [0.717, 1.165) is 11.3 Å². The third-order valence-corrected chi connectivity index (χ3v) is 2.00. The van der Waals surface area contributed by atoms with Crippen LogP contribution in [0.15, 0.2) is 6.08 Å². The molecule has 0 spiro atoms. The van der Waals surface area contributed by atoms with Crippen molar-refractivity contribution in [3.63, 3.8) is 0 Å². The van der Waals surface area contributed by atoms with Crippen LogP contribution < -0.4 is 4.74 Å². The zero-order chi connectivity index (χ0) is 7.84. The minimum atomic E-state index is -1.41. The third-order valence-electron chi connectivity index (χ3n) is 1.23. The van der Waals surface area contributed by atoms with E-state index >= 15 is 0 Å². The molecule has 0 fully saturated rings. The van der Waals surface area contributed by atoms with Crippen LogP contribution in [-0.2, 0) is 0 Å². The highest BCUT2D eigenvalue weighted by Gasteiger charge is 2.17. The summed E-state index contributed by atoms with van der Waals surface area (Å²) >= 11 is 0.925. The van der Waals surface area contributed by atoms with Crippen LogP contribution in [0.3, 0.4) is 0 Å². The fraction of sp³-hybridized carbons (Fsp3) is 0.167. The van der Waals surface area contributed by atoms with Gasteiger partial charge in [0.15, 0.2) is 0 Å². The maximum absolute atomic E-state index is 12.5. The van der Waals surface area contributed by atoms with Crippen molar-refractivity contribution in [3.8, 4) is 10.3 Å². The summed E-state index contributed by atoms with van der Waals surface area (Å²) in [4.78, 5) is 3.68. The summed E-state index contributed by atoms with van der Waals surface area (Å²) in [5.41, 5.74) is 0.487. The van der Waals surface area contributed by atoms with E-state index in [-0.39, 0.29) is 5.19 Å². The number of nitrogens with zero attached hydrogens (tertiary/aromatic N) is 1. The number of ether oxygens (including phenoxy) is 1. The number of hydrogen-bond donors (Lipinski definition) is 1. The molecule has 0 radical (unpaired) electrons. The van der Waals surface area contributed by atoms with Gasteiger partial charge >= 0.3 is 0 Å². The van der Waals surface area contributed by atoms with Crippen LogP contribution in [0, 0.1) is 0 Å². The molecule has 2 rings (SSSR count). The van der Waals surface area contributed by atoms with Gasteiger partial charge in [-0.25, -0.2) is 0 Å². The summed E-state index contributed by atoms with van der Waals surface area (Å²) in [5, 5.41) is 9.11. The molecule has 58 valence electrons. The molecule has 1 aromatic heterocycles. The molecule has 0 bridgehead atoms. The Hall–Kier alpha value is -1.10. The predicted octanol–water partition coefficient (Wildman–Crippen LogP) is 1.55. The second-order valence-electron chi connectivity index (χ2n) is 2.00. The number of thiazole rings is 1. The Balaban J connectivity index is 2.44. The van der Waals surface area contributed by atoms with Crippen molar-refractivity contribution < 1.29 is 14.2 Å². The summed E-state index contributed by atoms with van der Waals surface area (Å²) in [6.45, 7) is 0. The number of aromatic nitrogens is 1. The number of rotatable bonds is 0. The zero-order valence-corrected chi connectivity index (χ0v) is 6.14. The van der Waals surface area contributed by atoms with Gasteiger partial charge in [-0.3, -0.25) is 0 Å². The molecule has 1 aliphatic heterocycles. The lowest BCUT2D eigenvalue weighted by molar-refractivity contribution is 0.115. The van der Waals surface area contributed by atoms with Crippen molar-refractivity contribution in [2.24, 2.45) is 0 Å². The largest absolute Gasteiger partial charge is 0.486 e. The molecule has 3 nitrogen and oxygen atoms in total. The van der Waals surface area contributed by atoms with Crippen LogP contribution in [0.5, 0.6) is 10.3 Å². The summed E-state index contributed by atoms with van der Waals surface area (Å²) in [7, 11) is 0. The van der Waals surface area contributed by atoms with Crippen LogP contribution in [0.25, 0.3) is 6.08 Å². The smallest absolute Gasteiger partial charge is 0.274 e. The highest BCUT2D eigenvalue weighted by atomic mass is 32.1. The van der Waals surface area contributed by atoms with Crippen molar-refractivity contribution in [3.05, 3.63) is 11.8 Å². The second-order valence-corrected chi connectivity index (χ2v) is 2.94. The van der Waals surface area contributed by atoms with E-state index in [4.69, 9.17) is 9.84 Å². The van der Waals surface area contributed by atoms with Gasteiger partial charge in [-0.1, -0.05) is 0 Å². The first-order valence-electron chi connectivity index (χ1n) is 2.94. The first kappa shape index (κ1) is 6.60. The lowest BCUT2D eigenvalue weighted by atomic mass is 10.3. The SMILES string of the molecule is Oc1nc2c(s1)OC(F)C=C2. The summed E-state index contributed by atoms with van der Waals surface area (Å²) in [5.74, 6) is 0. The number of alkyl halides is 1. The molecule has 1 atom stereocenters. The van der Waals surface area contributed by atoms with E-state index in [2.05, 4.69) is 4.98 Å². The summed E-state index contributed by atoms with van der Waals surface area (Å²) < 4.78 is 17.2. The first-order valence-corrected chi connectivity index (χ1v) is 3.76. The maximum Gasteiger partial charge on any atom is 0.274 e. The second kappa shape index (κ2) is 2.20. The number of hydrogen-bond acceptors (Lipinski definition) is 4. The molecule has 0 aliphatic carbocycles. The minimum Gasteiger partial charge on any atom is -0.486 e. The van der Waals surface area contributed by atoms with Gasteiger partial charge < -0.3 is 9.84 Å². The number of fused-ring (bicyclic) bond motifs is 1. The van der Waals surface area contributed by atoms with E-state index in [9.17, 15) is 4.39 Å². The molecule has 2 heterocycles. The van der Waals surface area contributed by atoms with Crippen LogP contribution in [0.1, 0.15) is 5.69 Å². The highest BCUT2D eigenvalue weighted by molar-refractivity contribution is 7.15. The van der Waals surface area contributed by atoms with Crippen LogP contribution in [-0.4, -0.2) is 16.4 Å². The topological polar surface area (TPSA) is 42.4 Å². The van der Waals surface area contributed by atoms with Crippen molar-refractivity contribution in [2.45, 2.75) is 6.36 Å². The molecule has 1 unspecified atom stereocenters. The van der Waals surface area contributed by atoms with Gasteiger partial charge in [0.1, 0.15) is 5.69 Å². The van der Waals surface area contributed by atoms with Crippen LogP contribution in [0.4, 0.5) is 4.39 Å². The summed E-state index contributed by atoms with van der Waals surface area (Å²) in [6, 6.07) is 0. The third kappa shape index (κ3) is 1.07. The Kier molecular flexibility index (Phi) is 1.32. The standard InChI is InChI=1S/C6H4FNO2S/c7-4-2-1-3-5(10-4)11-6(9)8-3/h1-2,4H,(H,8,9). The number of halogens is 1. The molecule has 0 saturated heterocycles. The van der Waals surface area contributed by atoms with Crippen molar-refractivity contribution in [2.75, 3.05) is 0 Å². The Morgan fingerprint density at radius 2 is 2.55 bits per heavy atom. The molecule has 1 N–H and O–H groups in total. The van der Waals surface area contributed by atoms with Crippen LogP contribution >= 0.6 is 11.3 Å². The summed E-state index contributed by atoms with van der Waals surface area (Å²) in [6.07, 6.45) is 1.31. The lowest BCUT2D eigenvalue weighted by Gasteiger charge is -2.08. The molecule has 5 heteroatoms. The number of aromatic hydroxyl groups is 1. The molecule has 11 heavy (non-hydrogen) atoms. The van der Waals surface area contributed by atoms with Gasteiger partial charge in [0.05, 0.1) is 0 Å². The zero-order valence-electron chi connectivity index (χ0n) is 5.32. The van der Waals surface area contributed by atoms with Crippen molar-refractivity contribution in [1.82, 2.24) is 4.98 Å². The van der Waals surface area contributed by atoms with E-state index in [0.29, 0.717) is 10.8 Å². The van der Waals surface area contributed by atoms with Crippen molar-refractivity contribution >= 4 is 17.4 Å². The van der Waals surface area contributed by atoms with Crippen molar-refractivity contribution in [1.29, 1.82) is 0 Å². The predicted molar refractivity (Wildman–Crippen MR) is 38.3 cm³/mol. The van der Waals surface area contributed by atoms with E-state index in [1.165, 1.54) is 12.2 Å². The molecule has 1 aromatic rings. The fourth-order valence-electron chi connectivity index (χ4n) is 0.805. The van der Waals surface area contributed by atoms with Crippen LogP contribution in [0.2, 0.25) is 0 Å². The monoisotopic (exact) mass is 173 g/mol. The fourth-order valence-corrected chi connectivity index (χ4v) is 1.47. The Labute approximate surface area is 65.8 Å². The van der Waals surface area contributed by atoms with Gasteiger partial charge in [-0.15, -0.1) is 0 Å². The average molecular weight is 173 g/mol. The maximum atomic E-state index is 12.5. The molecular formula is C6H4FNO2S. The van der Waals surface area contributed by atoms with Gasteiger partial charge in [-0.05, 0) is 23.5 Å². The minimum absolute atomic E-state index is 0.103. The van der Waals surface area contributed by atoms with E-state index in [1.807, 2.05) is 0 Å². The Morgan fingerprint density at radius 1 is 1.73 bits per heavy atom. The van der Waals surface area contributed by atoms with Gasteiger partial charge in [-0.2, -0.15) is 9.37 Å². The first-order chi connectivity index (χ1) is 5.25. The Bertz CT molecular complexity index is 310. The molecule has 0 saturated carbocycles. The highest BCUT2D eigenvalue weighted by Crippen LogP contribution is 2.35. The molecule has 1 aliphatic rings. The average Bonchev–Trinajstić information content (AvgIpc) is 2.27. The molecule has 0 aromatic carbocycles. The van der Waals surface area contributed by atoms with Gasteiger partial charge in [0.25, 0.3) is 11.6 Å². The van der Waals surface area contributed by atoms with Gasteiger partial charge in [0, 0.05) is 0 Å².